The second-order valence-electron chi connectivity index (χ2n) is 6.55. The van der Waals surface area contributed by atoms with Gasteiger partial charge >= 0.3 is 0 Å². The molecule has 8 nitrogen and oxygen atoms in total. The quantitative estimate of drug-likeness (QED) is 0.345. The van der Waals surface area contributed by atoms with E-state index < -0.39 is 5.91 Å². The highest BCUT2D eigenvalue weighted by Gasteiger charge is 2.28. The average Bonchev–Trinajstić information content (AvgIpc) is 3.11. The summed E-state index contributed by atoms with van der Waals surface area (Å²) < 4.78 is 1.38. The fourth-order valence-electron chi connectivity index (χ4n) is 3.35. The van der Waals surface area contributed by atoms with Crippen molar-refractivity contribution in [2.45, 2.75) is 26.2 Å². The van der Waals surface area contributed by atoms with Gasteiger partial charge in [-0.15, -0.1) is 0 Å². The minimum atomic E-state index is -0.508. The zero-order valence-corrected chi connectivity index (χ0v) is 15.3. The summed E-state index contributed by atoms with van der Waals surface area (Å²) >= 11 is 0. The number of carbonyl (C=O) groups is 1. The van der Waals surface area contributed by atoms with Crippen LogP contribution in [0, 0.1) is 6.92 Å². The highest BCUT2D eigenvalue weighted by molar-refractivity contribution is 6.01. The number of aromatic nitrogens is 1. The molecule has 2 aromatic rings. The lowest BCUT2D eigenvalue weighted by Gasteiger charge is -2.20. The Balaban J connectivity index is 2.09. The van der Waals surface area contributed by atoms with Crippen molar-refractivity contribution in [3.63, 3.8) is 0 Å². The zero-order chi connectivity index (χ0) is 19.6. The molecule has 0 fully saturated rings. The largest absolute Gasteiger partial charge is 0.506 e. The number of benzene rings is 1. The van der Waals surface area contributed by atoms with Gasteiger partial charge in [-0.3, -0.25) is 19.0 Å². The predicted octanol–water partition coefficient (Wildman–Crippen LogP) is 1.29. The van der Waals surface area contributed by atoms with Crippen molar-refractivity contribution in [3.05, 3.63) is 50.8 Å². The van der Waals surface area contributed by atoms with E-state index in [4.69, 9.17) is 9.94 Å². The van der Waals surface area contributed by atoms with Crippen LogP contribution in [-0.2, 0) is 24.7 Å². The van der Waals surface area contributed by atoms with E-state index >= 15 is 0 Å². The fraction of sp³-hybridized carbons (Fsp3) is 0.368. The number of carbonyl (C=O) groups excluding carboxylic acids is 1. The molecule has 0 atom stereocenters. The van der Waals surface area contributed by atoms with Gasteiger partial charge in [0.2, 0.25) is 0 Å². The maximum absolute atomic E-state index is 12.8. The molecule has 0 aliphatic heterocycles. The third-order valence-corrected chi connectivity index (χ3v) is 4.65. The summed E-state index contributed by atoms with van der Waals surface area (Å²) in [5.41, 5.74) is 5.05. The van der Waals surface area contributed by atoms with Gasteiger partial charge in [-0.25, -0.2) is 5.48 Å². The smallest absolute Gasteiger partial charge is 0.278 e. The molecule has 0 bridgehead atoms. The highest BCUT2D eigenvalue weighted by atomic mass is 16.7. The molecule has 3 rings (SSSR count). The molecular formula is C19H23N3O5. The maximum atomic E-state index is 12.8. The second-order valence-corrected chi connectivity index (χ2v) is 6.55. The summed E-state index contributed by atoms with van der Waals surface area (Å²) in [6.07, 6.45) is 2.03. The van der Waals surface area contributed by atoms with Crippen molar-refractivity contribution in [2.75, 3.05) is 18.5 Å². The fourth-order valence-corrected chi connectivity index (χ4v) is 3.35. The van der Waals surface area contributed by atoms with Crippen molar-refractivity contribution >= 4 is 17.4 Å². The first-order valence-electron chi connectivity index (χ1n) is 8.78. The van der Waals surface area contributed by atoms with E-state index in [1.165, 1.54) is 4.57 Å². The molecular weight excluding hydrogens is 350 g/mol. The van der Waals surface area contributed by atoms with Crippen LogP contribution in [0.15, 0.2) is 23.0 Å². The molecule has 1 aromatic heterocycles. The van der Waals surface area contributed by atoms with Crippen LogP contribution in [-0.4, -0.2) is 33.9 Å². The number of nitrogens with zero attached hydrogens (tertiary/aromatic N) is 1. The highest BCUT2D eigenvalue weighted by Crippen LogP contribution is 2.32. The summed E-state index contributed by atoms with van der Waals surface area (Å²) in [6.45, 7) is 1.58. The number of hydrogen-bond acceptors (Lipinski definition) is 6. The van der Waals surface area contributed by atoms with E-state index in [-0.39, 0.29) is 30.3 Å². The Kier molecular flexibility index (Phi) is 5.48. The molecule has 0 spiro atoms. The van der Waals surface area contributed by atoms with Gasteiger partial charge < -0.3 is 15.5 Å². The Morgan fingerprint density at radius 3 is 2.74 bits per heavy atom. The van der Waals surface area contributed by atoms with Crippen LogP contribution in [0.3, 0.4) is 0 Å². The normalized spacial score (nSPS) is 12.7. The molecule has 144 valence electrons. The number of pyridine rings is 1. The summed E-state index contributed by atoms with van der Waals surface area (Å²) in [5, 5.41) is 22.1. The lowest BCUT2D eigenvalue weighted by atomic mass is 10.0. The van der Waals surface area contributed by atoms with E-state index in [0.717, 1.165) is 12.0 Å². The van der Waals surface area contributed by atoms with Crippen LogP contribution in [0.2, 0.25) is 0 Å². The zero-order valence-electron chi connectivity index (χ0n) is 15.3. The van der Waals surface area contributed by atoms with Gasteiger partial charge in [0.05, 0.1) is 24.5 Å². The Bertz CT molecular complexity index is 936. The molecule has 1 aromatic carbocycles. The number of fused-ring (bicyclic) bond motifs is 1. The topological polar surface area (TPSA) is 113 Å². The number of hydrogen-bond donors (Lipinski definition) is 4. The van der Waals surface area contributed by atoms with E-state index in [1.54, 1.807) is 19.2 Å². The summed E-state index contributed by atoms with van der Waals surface area (Å²) in [6, 6.07) is 5.10. The van der Waals surface area contributed by atoms with Crippen LogP contribution >= 0.6 is 0 Å². The lowest BCUT2D eigenvalue weighted by molar-refractivity contribution is 0.0168. The number of phenolic OH excluding ortho intramolecular Hbond substituents is 1. The van der Waals surface area contributed by atoms with Gasteiger partial charge in [0.1, 0.15) is 11.6 Å². The van der Waals surface area contributed by atoms with Crippen LogP contribution in [0.25, 0.3) is 0 Å². The minimum absolute atomic E-state index is 0.0193. The third kappa shape index (κ3) is 3.67. The molecule has 0 unspecified atom stereocenters. The Hall–Kier alpha value is -2.84. The summed E-state index contributed by atoms with van der Waals surface area (Å²) in [4.78, 5) is 30.4. The number of rotatable bonds is 6. The van der Waals surface area contributed by atoms with Gasteiger partial charge in [-0.2, -0.15) is 0 Å². The molecule has 8 heteroatoms. The maximum Gasteiger partial charge on any atom is 0.278 e. The minimum Gasteiger partial charge on any atom is -0.506 e. The first-order chi connectivity index (χ1) is 12.9. The number of aliphatic hydroxyl groups excluding tert-OH is 1. The summed E-state index contributed by atoms with van der Waals surface area (Å²) in [7, 11) is 1.58. The van der Waals surface area contributed by atoms with Gasteiger partial charge in [0, 0.05) is 12.6 Å². The molecule has 1 heterocycles. The molecule has 0 saturated carbocycles. The van der Waals surface area contributed by atoms with Gasteiger partial charge in [-0.1, -0.05) is 6.07 Å². The lowest BCUT2D eigenvalue weighted by Crippen LogP contribution is -2.32. The number of aromatic hydroxyl groups is 1. The van der Waals surface area contributed by atoms with Crippen LogP contribution in [0.4, 0.5) is 11.5 Å². The molecule has 1 aliphatic rings. The van der Waals surface area contributed by atoms with Gasteiger partial charge in [0.25, 0.3) is 11.5 Å². The first-order valence-corrected chi connectivity index (χ1v) is 8.78. The molecule has 27 heavy (non-hydrogen) atoms. The second kappa shape index (κ2) is 7.81. The molecule has 0 saturated heterocycles. The number of nitrogens with one attached hydrogen (secondary N) is 2. The molecule has 4 N–H and O–H groups in total. The SMILES string of the molecule is Cc1ccc(Nc2c(C(=O)NOCCO)c3c(c(=O)n2C)CCC3)c(O)c1. The van der Waals surface area contributed by atoms with E-state index in [1.807, 2.05) is 13.0 Å². The van der Waals surface area contributed by atoms with E-state index in [9.17, 15) is 14.7 Å². The number of anilines is 2. The first kappa shape index (κ1) is 18.9. The number of phenols is 1. The standard InChI is InChI=1S/C19H23N3O5/c1-11-6-7-14(15(24)10-11)20-17-16(18(25)21-27-9-8-23)12-4-3-5-13(12)19(26)22(17)2/h6-7,10,20,23-24H,3-5,8-9H2,1-2H3,(H,21,25). The average molecular weight is 373 g/mol. The number of hydroxylamine groups is 1. The molecule has 0 radical (unpaired) electrons. The van der Waals surface area contributed by atoms with Crippen LogP contribution in [0.5, 0.6) is 5.75 Å². The molecule has 1 amide bonds. The Labute approximate surface area is 156 Å². The predicted molar refractivity (Wildman–Crippen MR) is 100 cm³/mol. The van der Waals surface area contributed by atoms with Gasteiger partial charge in [0.15, 0.2) is 0 Å². The number of aliphatic hydroxyl groups is 1. The van der Waals surface area contributed by atoms with Gasteiger partial charge in [-0.05, 0) is 49.4 Å². The summed E-state index contributed by atoms with van der Waals surface area (Å²) in [5.74, 6) is -0.206. The molecule has 1 aliphatic carbocycles. The Morgan fingerprint density at radius 2 is 2.04 bits per heavy atom. The number of amides is 1. The van der Waals surface area contributed by atoms with E-state index in [2.05, 4.69) is 10.8 Å². The van der Waals surface area contributed by atoms with Crippen LogP contribution in [0.1, 0.15) is 33.5 Å². The van der Waals surface area contributed by atoms with Crippen molar-refractivity contribution in [2.24, 2.45) is 7.05 Å². The van der Waals surface area contributed by atoms with Crippen molar-refractivity contribution in [3.8, 4) is 5.75 Å². The van der Waals surface area contributed by atoms with Crippen molar-refractivity contribution < 1.29 is 19.8 Å². The third-order valence-electron chi connectivity index (χ3n) is 4.65. The Morgan fingerprint density at radius 1 is 1.30 bits per heavy atom. The number of aryl methyl sites for hydroxylation is 1. The van der Waals surface area contributed by atoms with Crippen molar-refractivity contribution in [1.82, 2.24) is 10.0 Å². The monoisotopic (exact) mass is 373 g/mol. The van der Waals surface area contributed by atoms with E-state index in [0.29, 0.717) is 35.2 Å². The van der Waals surface area contributed by atoms with Crippen molar-refractivity contribution in [1.29, 1.82) is 0 Å². The van der Waals surface area contributed by atoms with Crippen LogP contribution < -0.4 is 16.4 Å².